The summed E-state index contributed by atoms with van der Waals surface area (Å²) in [4.78, 5) is 14.2. The molecule has 0 unspecified atom stereocenters. The zero-order valence-electron chi connectivity index (χ0n) is 13.9. The Balaban J connectivity index is 1.72. The van der Waals surface area contributed by atoms with E-state index in [0.717, 1.165) is 29.8 Å². The van der Waals surface area contributed by atoms with Crippen molar-refractivity contribution in [3.63, 3.8) is 0 Å². The molecule has 0 radical (unpaired) electrons. The highest BCUT2D eigenvalue weighted by Gasteiger charge is 2.15. The summed E-state index contributed by atoms with van der Waals surface area (Å²) in [6.45, 7) is 2.77. The molecule has 4 nitrogen and oxygen atoms in total. The first kappa shape index (κ1) is 15.7. The van der Waals surface area contributed by atoms with Crippen LogP contribution in [-0.4, -0.2) is 26.3 Å². The van der Waals surface area contributed by atoms with Gasteiger partial charge in [-0.25, -0.2) is 0 Å². The Morgan fingerprint density at radius 2 is 1.48 bits per heavy atom. The number of ether oxygens (including phenoxy) is 1. The number of nitrogens with zero attached hydrogens (tertiary/aromatic N) is 1. The molecule has 0 saturated carbocycles. The van der Waals surface area contributed by atoms with Gasteiger partial charge in [0.1, 0.15) is 5.76 Å². The first-order valence-corrected chi connectivity index (χ1v) is 8.43. The molecular weight excluding hydrogens is 314 g/mol. The second-order valence-corrected chi connectivity index (χ2v) is 6.04. The molecule has 126 valence electrons. The molecule has 1 fully saturated rings. The van der Waals surface area contributed by atoms with Gasteiger partial charge < -0.3 is 14.1 Å². The molecule has 0 bridgehead atoms. The Bertz CT molecular complexity index is 912. The predicted octanol–water partition coefficient (Wildman–Crippen LogP) is 3.81. The van der Waals surface area contributed by atoms with Crippen LogP contribution in [0.4, 0.5) is 5.88 Å². The Kier molecular flexibility index (Phi) is 4.36. The monoisotopic (exact) mass is 333 g/mol. The van der Waals surface area contributed by atoms with Crippen molar-refractivity contribution in [1.29, 1.82) is 0 Å². The van der Waals surface area contributed by atoms with Crippen molar-refractivity contribution in [2.75, 3.05) is 31.2 Å². The molecule has 0 amide bonds. The zero-order chi connectivity index (χ0) is 17.1. The van der Waals surface area contributed by atoms with Crippen molar-refractivity contribution in [2.45, 2.75) is 0 Å². The van der Waals surface area contributed by atoms with Gasteiger partial charge in [0.05, 0.1) is 13.2 Å². The zero-order valence-corrected chi connectivity index (χ0v) is 13.9. The highest BCUT2D eigenvalue weighted by Crippen LogP contribution is 2.28. The molecule has 1 aliphatic heterocycles. The minimum absolute atomic E-state index is 0.0483. The van der Waals surface area contributed by atoms with Crippen LogP contribution in [0.3, 0.4) is 0 Å². The summed E-state index contributed by atoms with van der Waals surface area (Å²) < 4.78 is 11.4. The largest absolute Gasteiger partial charge is 0.440 e. The van der Waals surface area contributed by atoms with Crippen LogP contribution in [0.15, 0.2) is 75.9 Å². The fourth-order valence-corrected chi connectivity index (χ4v) is 3.03. The average molecular weight is 333 g/mol. The van der Waals surface area contributed by atoms with Gasteiger partial charge in [0, 0.05) is 30.8 Å². The number of anilines is 1. The summed E-state index contributed by atoms with van der Waals surface area (Å²) in [7, 11) is 0. The minimum atomic E-state index is -0.0483. The van der Waals surface area contributed by atoms with Gasteiger partial charge in [-0.05, 0) is 17.2 Å². The molecule has 0 spiro atoms. The second-order valence-electron chi connectivity index (χ2n) is 6.04. The molecule has 1 aromatic heterocycles. The summed E-state index contributed by atoms with van der Waals surface area (Å²) in [5.41, 5.74) is 3.08. The maximum absolute atomic E-state index is 12.2. The molecule has 2 aromatic carbocycles. The molecule has 25 heavy (non-hydrogen) atoms. The summed E-state index contributed by atoms with van der Waals surface area (Å²) >= 11 is 0. The lowest BCUT2D eigenvalue weighted by atomic mass is 10.0. The van der Waals surface area contributed by atoms with E-state index >= 15 is 0 Å². The molecule has 3 aromatic rings. The van der Waals surface area contributed by atoms with E-state index in [1.807, 2.05) is 30.3 Å². The van der Waals surface area contributed by atoms with Gasteiger partial charge in [0.2, 0.25) is 0 Å². The third-order valence-electron chi connectivity index (χ3n) is 4.33. The van der Waals surface area contributed by atoms with Gasteiger partial charge in [-0.1, -0.05) is 48.5 Å². The molecule has 1 saturated heterocycles. The highest BCUT2D eigenvalue weighted by molar-refractivity contribution is 5.71. The summed E-state index contributed by atoms with van der Waals surface area (Å²) in [5, 5.41) is 0. The lowest BCUT2D eigenvalue weighted by molar-refractivity contribution is 0.120. The fourth-order valence-electron chi connectivity index (χ4n) is 3.03. The molecule has 4 heteroatoms. The maximum atomic E-state index is 12.2. The van der Waals surface area contributed by atoms with Crippen LogP contribution in [0.1, 0.15) is 0 Å². The number of benzene rings is 2. The maximum Gasteiger partial charge on any atom is 0.200 e. The topological polar surface area (TPSA) is 42.7 Å². The first-order valence-electron chi connectivity index (χ1n) is 8.43. The van der Waals surface area contributed by atoms with E-state index in [0.29, 0.717) is 24.9 Å². The van der Waals surface area contributed by atoms with Crippen molar-refractivity contribution >= 4 is 5.88 Å². The van der Waals surface area contributed by atoms with E-state index in [9.17, 15) is 4.79 Å². The molecule has 4 rings (SSSR count). The van der Waals surface area contributed by atoms with Crippen LogP contribution in [0.2, 0.25) is 0 Å². The van der Waals surface area contributed by atoms with Gasteiger partial charge in [-0.15, -0.1) is 0 Å². The van der Waals surface area contributed by atoms with E-state index in [2.05, 4.69) is 29.2 Å². The molecule has 0 N–H and O–H groups in total. The molecule has 0 atom stereocenters. The Morgan fingerprint density at radius 3 is 2.28 bits per heavy atom. The molecule has 2 heterocycles. The van der Waals surface area contributed by atoms with E-state index < -0.39 is 0 Å². The van der Waals surface area contributed by atoms with Crippen molar-refractivity contribution in [1.82, 2.24) is 0 Å². The van der Waals surface area contributed by atoms with E-state index in [-0.39, 0.29) is 5.43 Å². The highest BCUT2D eigenvalue weighted by atomic mass is 16.5. The number of rotatable bonds is 3. The quantitative estimate of drug-likeness (QED) is 0.731. The summed E-state index contributed by atoms with van der Waals surface area (Å²) in [6, 6.07) is 21.3. The van der Waals surface area contributed by atoms with E-state index in [1.54, 1.807) is 12.1 Å². The van der Waals surface area contributed by atoms with Crippen LogP contribution in [0.5, 0.6) is 0 Å². The minimum Gasteiger partial charge on any atom is -0.440 e. The Hall–Kier alpha value is -2.85. The van der Waals surface area contributed by atoms with Crippen molar-refractivity contribution in [3.8, 4) is 22.5 Å². The van der Waals surface area contributed by atoms with Gasteiger partial charge in [-0.3, -0.25) is 4.79 Å². The Morgan fingerprint density at radius 1 is 0.760 bits per heavy atom. The predicted molar refractivity (Wildman–Crippen MR) is 98.9 cm³/mol. The standard InChI is InChI=1S/C21H19NO3/c23-19-14-20(25-21(15-19)22-9-11-24-12-10-22)18-8-4-7-17(13-18)16-5-2-1-3-6-16/h1-8,13-15H,9-12H2. The van der Waals surface area contributed by atoms with Crippen LogP contribution in [0, 0.1) is 0 Å². The molecule has 1 aliphatic rings. The van der Waals surface area contributed by atoms with E-state index in [4.69, 9.17) is 9.15 Å². The lowest BCUT2D eigenvalue weighted by Crippen LogP contribution is -2.36. The van der Waals surface area contributed by atoms with Crippen LogP contribution in [0.25, 0.3) is 22.5 Å². The Labute approximate surface area is 146 Å². The molecule has 0 aliphatic carbocycles. The average Bonchev–Trinajstić information content (AvgIpc) is 2.69. The smallest absolute Gasteiger partial charge is 0.200 e. The fraction of sp³-hybridized carbons (Fsp3) is 0.190. The summed E-state index contributed by atoms with van der Waals surface area (Å²) in [6.07, 6.45) is 0. The summed E-state index contributed by atoms with van der Waals surface area (Å²) in [5.74, 6) is 1.20. The van der Waals surface area contributed by atoms with Gasteiger partial charge in [0.15, 0.2) is 11.3 Å². The number of hydrogen-bond acceptors (Lipinski definition) is 4. The second kappa shape index (κ2) is 6.95. The normalized spacial score (nSPS) is 14.5. The van der Waals surface area contributed by atoms with Crippen molar-refractivity contribution < 1.29 is 9.15 Å². The van der Waals surface area contributed by atoms with Gasteiger partial charge in [-0.2, -0.15) is 0 Å². The third-order valence-corrected chi connectivity index (χ3v) is 4.33. The first-order chi connectivity index (χ1) is 12.3. The number of morpholine rings is 1. The van der Waals surface area contributed by atoms with Crippen molar-refractivity contribution in [2.24, 2.45) is 0 Å². The SMILES string of the molecule is O=c1cc(-c2cccc(-c3ccccc3)c2)oc(N2CCOCC2)c1. The van der Waals surface area contributed by atoms with E-state index in [1.165, 1.54) is 0 Å². The number of hydrogen-bond donors (Lipinski definition) is 0. The van der Waals surface area contributed by atoms with Crippen LogP contribution < -0.4 is 10.3 Å². The van der Waals surface area contributed by atoms with Crippen molar-refractivity contribution in [3.05, 3.63) is 77.0 Å². The van der Waals surface area contributed by atoms with Crippen LogP contribution in [-0.2, 0) is 4.74 Å². The third kappa shape index (κ3) is 3.49. The van der Waals surface area contributed by atoms with Crippen LogP contribution >= 0.6 is 0 Å². The van der Waals surface area contributed by atoms with Gasteiger partial charge >= 0.3 is 0 Å². The van der Waals surface area contributed by atoms with Gasteiger partial charge in [0.25, 0.3) is 0 Å². The lowest BCUT2D eigenvalue weighted by Gasteiger charge is -2.27. The molecular formula is C21H19NO3.